The van der Waals surface area contributed by atoms with E-state index in [1.807, 2.05) is 0 Å². The van der Waals surface area contributed by atoms with Crippen LogP contribution in [0.25, 0.3) is 11.5 Å². The first-order valence-electron chi connectivity index (χ1n) is 9.67. The first-order chi connectivity index (χ1) is 15.7. The maximum Gasteiger partial charge on any atom is 0.512 e. The zero-order valence-corrected chi connectivity index (χ0v) is 19.3. The Kier molecular flexibility index (Phi) is 6.68. The molecular weight excluding hydrogens is 498 g/mol. The summed E-state index contributed by atoms with van der Waals surface area (Å²) in [6.07, 6.45) is 0.331. The molecule has 0 saturated carbocycles. The molecule has 3 N–H and O–H groups in total. The molecule has 0 radical (unpaired) electrons. The fraction of sp³-hybridized carbons (Fsp3) is 0.316. The van der Waals surface area contributed by atoms with Gasteiger partial charge in [-0.25, -0.2) is 24.1 Å². The van der Waals surface area contributed by atoms with Crippen molar-refractivity contribution in [2.45, 2.75) is 25.6 Å². The van der Waals surface area contributed by atoms with Crippen LogP contribution in [0.15, 0.2) is 18.5 Å². The van der Waals surface area contributed by atoms with Gasteiger partial charge in [0.1, 0.15) is 11.9 Å². The average molecular weight is 515 g/mol. The van der Waals surface area contributed by atoms with Gasteiger partial charge >= 0.3 is 6.16 Å². The third-order valence-electron chi connectivity index (χ3n) is 4.95. The Labute approximate surface area is 200 Å². The van der Waals surface area contributed by atoms with Crippen LogP contribution in [0.5, 0.6) is 5.06 Å². The number of aryl methyl sites for hydroxylation is 1. The quantitative estimate of drug-likeness (QED) is 0.435. The van der Waals surface area contributed by atoms with Gasteiger partial charge < -0.3 is 25.0 Å². The van der Waals surface area contributed by atoms with Crippen molar-refractivity contribution in [3.63, 3.8) is 0 Å². The zero-order chi connectivity index (χ0) is 23.7. The molecule has 4 heterocycles. The minimum absolute atomic E-state index is 0.0110. The van der Waals surface area contributed by atoms with Crippen molar-refractivity contribution in [3.05, 3.63) is 39.9 Å². The molecule has 1 aliphatic rings. The van der Waals surface area contributed by atoms with Gasteiger partial charge in [0.05, 0.1) is 22.6 Å². The highest BCUT2D eigenvalue weighted by atomic mass is 35.5. The second-order valence-electron chi connectivity index (χ2n) is 7.16. The lowest BCUT2D eigenvalue weighted by atomic mass is 10.0. The van der Waals surface area contributed by atoms with E-state index in [1.165, 1.54) is 12.4 Å². The smallest absolute Gasteiger partial charge is 0.449 e. The van der Waals surface area contributed by atoms with E-state index in [9.17, 15) is 14.0 Å². The largest absolute Gasteiger partial charge is 0.512 e. The van der Waals surface area contributed by atoms with E-state index in [4.69, 9.17) is 33.0 Å². The number of nitrogens with zero attached hydrogens (tertiary/aromatic N) is 4. The number of hydrogen-bond acceptors (Lipinski definition) is 8. The average Bonchev–Trinajstić information content (AvgIpc) is 3.31. The lowest BCUT2D eigenvalue weighted by Gasteiger charge is -2.34. The van der Waals surface area contributed by atoms with Crippen molar-refractivity contribution in [2.75, 3.05) is 18.0 Å². The van der Waals surface area contributed by atoms with Crippen molar-refractivity contribution >= 4 is 51.7 Å². The third-order valence-corrected chi connectivity index (χ3v) is 6.89. The number of aromatic amines is 1. The third kappa shape index (κ3) is 4.87. The number of H-pyrrole nitrogens is 1. The molecule has 0 aromatic carbocycles. The second-order valence-corrected chi connectivity index (χ2v) is 8.85. The molecular formula is C19H17Cl2FN6O4S. The van der Waals surface area contributed by atoms with E-state index < -0.39 is 24.3 Å². The number of rotatable bonds is 5. The van der Waals surface area contributed by atoms with Crippen LogP contribution in [0.3, 0.4) is 0 Å². The Hall–Kier alpha value is -2.96. The summed E-state index contributed by atoms with van der Waals surface area (Å²) in [4.78, 5) is 40.6. The topological polar surface area (TPSA) is 133 Å². The summed E-state index contributed by atoms with van der Waals surface area (Å²) in [7, 11) is 0. The minimum Gasteiger partial charge on any atom is -0.449 e. The molecule has 10 nitrogen and oxygen atoms in total. The number of carboxylic acid groups (broad SMARTS) is 1. The van der Waals surface area contributed by atoms with Crippen LogP contribution in [0.1, 0.15) is 22.6 Å². The maximum absolute atomic E-state index is 15.0. The van der Waals surface area contributed by atoms with Gasteiger partial charge in [0, 0.05) is 24.6 Å². The van der Waals surface area contributed by atoms with Crippen LogP contribution < -0.4 is 15.0 Å². The van der Waals surface area contributed by atoms with E-state index in [-0.39, 0.29) is 45.3 Å². The van der Waals surface area contributed by atoms with Crippen LogP contribution in [-0.2, 0) is 0 Å². The van der Waals surface area contributed by atoms with Crippen molar-refractivity contribution in [1.29, 1.82) is 0 Å². The number of aromatic nitrogens is 4. The summed E-state index contributed by atoms with van der Waals surface area (Å²) in [6, 6.07) is 0.857. The molecule has 0 aliphatic carbocycles. The normalized spacial score (nSPS) is 18.2. The van der Waals surface area contributed by atoms with Crippen LogP contribution in [0.2, 0.25) is 10.0 Å². The summed E-state index contributed by atoms with van der Waals surface area (Å²) in [5.41, 5.74) is 0.772. The molecule has 2 atom stereocenters. The molecule has 3 aromatic rings. The number of alkyl halides is 1. The molecule has 174 valence electrons. The molecule has 3 aromatic heterocycles. The predicted molar refractivity (Wildman–Crippen MR) is 120 cm³/mol. The van der Waals surface area contributed by atoms with E-state index in [2.05, 4.69) is 25.3 Å². The number of nitrogens with one attached hydrogen (secondary N) is 2. The van der Waals surface area contributed by atoms with Crippen LogP contribution >= 0.6 is 34.5 Å². The van der Waals surface area contributed by atoms with Crippen molar-refractivity contribution in [2.24, 2.45) is 0 Å². The Morgan fingerprint density at radius 1 is 1.33 bits per heavy atom. The number of amides is 1. The molecule has 1 aliphatic heterocycles. The van der Waals surface area contributed by atoms with Crippen molar-refractivity contribution in [1.82, 2.24) is 25.3 Å². The summed E-state index contributed by atoms with van der Waals surface area (Å²) in [6.45, 7) is 1.96. The first-order valence-corrected chi connectivity index (χ1v) is 11.2. The van der Waals surface area contributed by atoms with Crippen LogP contribution in [-0.4, -0.2) is 62.4 Å². The van der Waals surface area contributed by atoms with E-state index >= 15 is 0 Å². The maximum atomic E-state index is 15.0. The zero-order valence-electron chi connectivity index (χ0n) is 17.0. The minimum atomic E-state index is -1.51. The SMILES string of the molecule is Cc1[nH]c(C(=O)N[C@@H]2CCN(c3nc(-c4ncccn4)c(OC(=O)O)s3)C[C@@H]2F)c(Cl)c1Cl. The van der Waals surface area contributed by atoms with E-state index in [0.717, 1.165) is 11.3 Å². The predicted octanol–water partition coefficient (Wildman–Crippen LogP) is 3.95. The number of anilines is 1. The summed E-state index contributed by atoms with van der Waals surface area (Å²) < 4.78 is 19.8. The Morgan fingerprint density at radius 2 is 2.06 bits per heavy atom. The number of halogens is 3. The van der Waals surface area contributed by atoms with Gasteiger partial charge in [0.15, 0.2) is 16.6 Å². The number of thiazole rings is 1. The highest BCUT2D eigenvalue weighted by Crippen LogP contribution is 2.39. The highest BCUT2D eigenvalue weighted by Gasteiger charge is 2.34. The second kappa shape index (κ2) is 9.49. The molecule has 0 unspecified atom stereocenters. The Bertz CT molecular complexity index is 1190. The standard InChI is InChI=1S/C19H17Cl2FN6O4S/c1-8-11(20)12(21)13(25-8)16(29)26-10-3-6-28(7-9(10)22)18-27-14(15-23-4-2-5-24-15)17(33-18)32-19(30)31/h2,4-5,9-10,25H,3,6-7H2,1H3,(H,26,29)(H,30,31)/t9-,10+/m0/s1. The molecule has 14 heteroatoms. The van der Waals surface area contributed by atoms with E-state index in [0.29, 0.717) is 17.4 Å². The number of piperidine rings is 1. The number of carbonyl (C=O) groups excluding carboxylic acids is 1. The summed E-state index contributed by atoms with van der Waals surface area (Å²) >= 11 is 13.0. The summed E-state index contributed by atoms with van der Waals surface area (Å²) in [5.74, 6) is -0.363. The Morgan fingerprint density at radius 3 is 2.67 bits per heavy atom. The van der Waals surface area contributed by atoms with Crippen molar-refractivity contribution in [3.8, 4) is 16.6 Å². The van der Waals surface area contributed by atoms with Gasteiger partial charge in [-0.2, -0.15) is 0 Å². The van der Waals surface area contributed by atoms with Gasteiger partial charge in [0.2, 0.25) is 5.06 Å². The molecule has 1 saturated heterocycles. The number of carbonyl (C=O) groups is 2. The summed E-state index contributed by atoms with van der Waals surface area (Å²) in [5, 5.41) is 12.4. The van der Waals surface area contributed by atoms with Gasteiger partial charge in [-0.3, -0.25) is 4.79 Å². The number of ether oxygens (including phenoxy) is 1. The molecule has 0 bridgehead atoms. The first kappa shape index (κ1) is 23.2. The lowest BCUT2D eigenvalue weighted by molar-refractivity contribution is 0.0894. The Balaban J connectivity index is 1.48. The lowest BCUT2D eigenvalue weighted by Crippen LogP contribution is -2.52. The monoisotopic (exact) mass is 514 g/mol. The van der Waals surface area contributed by atoms with Gasteiger partial charge in [-0.1, -0.05) is 34.5 Å². The molecule has 1 fully saturated rings. The molecule has 33 heavy (non-hydrogen) atoms. The molecule has 4 rings (SSSR count). The number of hydrogen-bond donors (Lipinski definition) is 3. The molecule has 0 spiro atoms. The van der Waals surface area contributed by atoms with Gasteiger partial charge in [-0.05, 0) is 19.4 Å². The highest BCUT2D eigenvalue weighted by molar-refractivity contribution is 7.18. The van der Waals surface area contributed by atoms with E-state index in [1.54, 1.807) is 17.9 Å². The molecule has 1 amide bonds. The van der Waals surface area contributed by atoms with Gasteiger partial charge in [-0.15, -0.1) is 0 Å². The van der Waals surface area contributed by atoms with Crippen molar-refractivity contribution < 1.29 is 23.8 Å². The van der Waals surface area contributed by atoms with Crippen LogP contribution in [0, 0.1) is 6.92 Å². The fourth-order valence-electron chi connectivity index (χ4n) is 3.35. The van der Waals surface area contributed by atoms with Crippen LogP contribution in [0.4, 0.5) is 14.3 Å². The fourth-order valence-corrected chi connectivity index (χ4v) is 4.71. The van der Waals surface area contributed by atoms with Gasteiger partial charge in [0.25, 0.3) is 5.91 Å².